The number of nitrogens with zero attached hydrogens (tertiary/aromatic N) is 2. The van der Waals surface area contributed by atoms with Gasteiger partial charge in [-0.2, -0.15) is 4.98 Å². The summed E-state index contributed by atoms with van der Waals surface area (Å²) in [5.74, 6) is 0. The van der Waals surface area contributed by atoms with Crippen molar-refractivity contribution in [3.8, 4) is 0 Å². The molecule has 2 rings (SSSR count). The summed E-state index contributed by atoms with van der Waals surface area (Å²) in [6.45, 7) is 7.72. The molecule has 0 radical (unpaired) electrons. The maximum atomic E-state index is 11.1. The highest BCUT2D eigenvalue weighted by Crippen LogP contribution is 2.19. The maximum absolute atomic E-state index is 11.1. The average Bonchev–Trinajstić information content (AvgIpc) is 2.17. The maximum Gasteiger partial charge on any atom is 0.345 e. The van der Waals surface area contributed by atoms with Gasteiger partial charge in [-0.15, -0.1) is 0 Å². The van der Waals surface area contributed by atoms with E-state index < -0.39 is 0 Å². The molecule has 82 valence electrons. The van der Waals surface area contributed by atoms with Gasteiger partial charge < -0.3 is 15.2 Å². The van der Waals surface area contributed by atoms with E-state index in [4.69, 9.17) is 0 Å². The molecule has 1 saturated heterocycles. The SMILES string of the molecule is Cc1nc(=O)[nH]c(C)c1N1CCNCC1. The van der Waals surface area contributed by atoms with Crippen LogP contribution >= 0.6 is 0 Å². The molecule has 1 fully saturated rings. The molecule has 0 atom stereocenters. The lowest BCUT2D eigenvalue weighted by atomic mass is 10.2. The molecule has 1 aliphatic heterocycles. The van der Waals surface area contributed by atoms with Crippen molar-refractivity contribution in [2.24, 2.45) is 0 Å². The van der Waals surface area contributed by atoms with E-state index in [-0.39, 0.29) is 5.69 Å². The van der Waals surface area contributed by atoms with Crippen molar-refractivity contribution in [3.63, 3.8) is 0 Å². The molecule has 0 bridgehead atoms. The third kappa shape index (κ3) is 2.02. The Morgan fingerprint density at radius 3 is 2.53 bits per heavy atom. The van der Waals surface area contributed by atoms with Gasteiger partial charge in [0.1, 0.15) is 0 Å². The van der Waals surface area contributed by atoms with Gasteiger partial charge in [0.15, 0.2) is 0 Å². The lowest BCUT2D eigenvalue weighted by Crippen LogP contribution is -2.44. The van der Waals surface area contributed by atoms with Crippen molar-refractivity contribution >= 4 is 5.69 Å². The monoisotopic (exact) mass is 208 g/mol. The molecule has 1 aromatic rings. The van der Waals surface area contributed by atoms with E-state index in [0.717, 1.165) is 43.3 Å². The van der Waals surface area contributed by atoms with Gasteiger partial charge in [0.05, 0.1) is 11.4 Å². The lowest BCUT2D eigenvalue weighted by Gasteiger charge is -2.31. The van der Waals surface area contributed by atoms with Gasteiger partial charge in [-0.1, -0.05) is 0 Å². The number of anilines is 1. The number of hydrogen-bond acceptors (Lipinski definition) is 4. The molecular formula is C10H16N4O. The van der Waals surface area contributed by atoms with Crippen LogP contribution in [0.4, 0.5) is 5.69 Å². The van der Waals surface area contributed by atoms with Crippen LogP contribution < -0.4 is 15.9 Å². The topological polar surface area (TPSA) is 61.0 Å². The molecular weight excluding hydrogens is 192 g/mol. The first kappa shape index (κ1) is 10.2. The molecule has 0 unspecified atom stereocenters. The molecule has 1 aliphatic rings. The third-order valence-electron chi connectivity index (χ3n) is 2.69. The molecule has 5 nitrogen and oxygen atoms in total. The van der Waals surface area contributed by atoms with Crippen LogP contribution in [0.2, 0.25) is 0 Å². The average molecular weight is 208 g/mol. The molecule has 0 amide bonds. The molecule has 2 heterocycles. The first-order chi connectivity index (χ1) is 7.18. The van der Waals surface area contributed by atoms with E-state index >= 15 is 0 Å². The lowest BCUT2D eigenvalue weighted by molar-refractivity contribution is 0.585. The quantitative estimate of drug-likeness (QED) is 0.671. The van der Waals surface area contributed by atoms with E-state index in [9.17, 15) is 4.79 Å². The van der Waals surface area contributed by atoms with Crippen LogP contribution in [0.1, 0.15) is 11.4 Å². The fraction of sp³-hybridized carbons (Fsp3) is 0.600. The molecule has 15 heavy (non-hydrogen) atoms. The highest BCUT2D eigenvalue weighted by atomic mass is 16.1. The van der Waals surface area contributed by atoms with Crippen LogP contribution in [0, 0.1) is 13.8 Å². The van der Waals surface area contributed by atoms with Gasteiger partial charge in [-0.3, -0.25) is 0 Å². The predicted molar refractivity (Wildman–Crippen MR) is 59.4 cm³/mol. The van der Waals surface area contributed by atoms with Crippen molar-refractivity contribution in [2.45, 2.75) is 13.8 Å². The molecule has 0 aromatic carbocycles. The second-order valence-corrected chi connectivity index (χ2v) is 3.84. The molecule has 0 saturated carbocycles. The number of aromatic amines is 1. The fourth-order valence-corrected chi connectivity index (χ4v) is 2.08. The summed E-state index contributed by atoms with van der Waals surface area (Å²) in [7, 11) is 0. The Hall–Kier alpha value is -1.36. The Balaban J connectivity index is 2.38. The highest BCUT2D eigenvalue weighted by Gasteiger charge is 2.16. The standard InChI is InChI=1S/C10H16N4O/c1-7-9(8(2)13-10(15)12-7)14-5-3-11-4-6-14/h11H,3-6H2,1-2H3,(H,12,13,15). The predicted octanol–water partition coefficient (Wildman–Crippen LogP) is -0.204. The minimum absolute atomic E-state index is 0.260. The first-order valence-corrected chi connectivity index (χ1v) is 5.21. The molecule has 1 aromatic heterocycles. The van der Waals surface area contributed by atoms with Crippen molar-refractivity contribution in [3.05, 3.63) is 21.9 Å². The summed E-state index contributed by atoms with van der Waals surface area (Å²) >= 11 is 0. The Bertz CT molecular complexity index is 380. The van der Waals surface area contributed by atoms with Crippen LogP contribution in [0.15, 0.2) is 4.79 Å². The van der Waals surface area contributed by atoms with Crippen molar-refractivity contribution in [2.75, 3.05) is 31.1 Å². The van der Waals surface area contributed by atoms with Crippen molar-refractivity contribution in [1.29, 1.82) is 0 Å². The summed E-state index contributed by atoms with van der Waals surface area (Å²) in [5.41, 5.74) is 2.55. The molecule has 2 N–H and O–H groups in total. The van der Waals surface area contributed by atoms with Crippen LogP contribution in [0.25, 0.3) is 0 Å². The summed E-state index contributed by atoms with van der Waals surface area (Å²) in [4.78, 5) is 20.1. The van der Waals surface area contributed by atoms with Crippen LogP contribution in [-0.4, -0.2) is 36.1 Å². The zero-order valence-electron chi connectivity index (χ0n) is 9.13. The fourth-order valence-electron chi connectivity index (χ4n) is 2.08. The second-order valence-electron chi connectivity index (χ2n) is 3.84. The summed E-state index contributed by atoms with van der Waals surface area (Å²) < 4.78 is 0. The van der Waals surface area contributed by atoms with Gasteiger partial charge in [-0.25, -0.2) is 4.79 Å². The van der Waals surface area contributed by atoms with Gasteiger partial charge in [0.25, 0.3) is 0 Å². The Morgan fingerprint density at radius 2 is 1.93 bits per heavy atom. The van der Waals surface area contributed by atoms with E-state index in [0.29, 0.717) is 0 Å². The van der Waals surface area contributed by atoms with E-state index in [2.05, 4.69) is 20.2 Å². The van der Waals surface area contributed by atoms with Gasteiger partial charge in [-0.05, 0) is 13.8 Å². The number of hydrogen-bond donors (Lipinski definition) is 2. The number of rotatable bonds is 1. The highest BCUT2D eigenvalue weighted by molar-refractivity contribution is 5.53. The number of aromatic nitrogens is 2. The Morgan fingerprint density at radius 1 is 1.27 bits per heavy atom. The van der Waals surface area contributed by atoms with Gasteiger partial charge in [0, 0.05) is 31.9 Å². The Kier molecular flexibility index (Phi) is 2.73. The summed E-state index contributed by atoms with van der Waals surface area (Å²) in [6, 6.07) is 0. The smallest absolute Gasteiger partial charge is 0.345 e. The number of piperazine rings is 1. The zero-order valence-corrected chi connectivity index (χ0v) is 9.13. The zero-order chi connectivity index (χ0) is 10.8. The van der Waals surface area contributed by atoms with Crippen LogP contribution in [-0.2, 0) is 0 Å². The normalized spacial score (nSPS) is 16.8. The number of nitrogens with one attached hydrogen (secondary N) is 2. The minimum atomic E-state index is -0.260. The summed E-state index contributed by atoms with van der Waals surface area (Å²) in [5, 5.41) is 3.30. The Labute approximate surface area is 88.5 Å². The second kappa shape index (κ2) is 4.02. The van der Waals surface area contributed by atoms with Crippen molar-refractivity contribution < 1.29 is 0 Å². The first-order valence-electron chi connectivity index (χ1n) is 5.21. The summed E-state index contributed by atoms with van der Waals surface area (Å²) in [6.07, 6.45) is 0. The molecule has 5 heteroatoms. The molecule has 0 spiro atoms. The van der Waals surface area contributed by atoms with E-state index in [1.165, 1.54) is 0 Å². The largest absolute Gasteiger partial charge is 0.366 e. The third-order valence-corrected chi connectivity index (χ3v) is 2.69. The molecule has 0 aliphatic carbocycles. The van der Waals surface area contributed by atoms with E-state index in [1.54, 1.807) is 0 Å². The van der Waals surface area contributed by atoms with Gasteiger partial charge >= 0.3 is 5.69 Å². The van der Waals surface area contributed by atoms with Crippen LogP contribution in [0.3, 0.4) is 0 Å². The van der Waals surface area contributed by atoms with E-state index in [1.807, 2.05) is 13.8 Å². The number of H-pyrrole nitrogens is 1. The number of aryl methyl sites for hydroxylation is 2. The minimum Gasteiger partial charge on any atom is -0.366 e. The van der Waals surface area contributed by atoms with Crippen LogP contribution in [0.5, 0.6) is 0 Å². The van der Waals surface area contributed by atoms with Gasteiger partial charge in [0.2, 0.25) is 0 Å². The van der Waals surface area contributed by atoms with Crippen molar-refractivity contribution in [1.82, 2.24) is 15.3 Å².